The number of nitrogens with one attached hydrogen (secondary N) is 1. The van der Waals surface area contributed by atoms with Gasteiger partial charge in [-0.1, -0.05) is 30.3 Å². The zero-order valence-electron chi connectivity index (χ0n) is 11.9. The molecule has 0 bridgehead atoms. The van der Waals surface area contributed by atoms with Crippen molar-refractivity contribution in [3.8, 4) is 11.5 Å². The molecule has 2 aromatic carbocycles. The SMILES string of the molecule is NC(=S)N/N=C\c1cccc(OCCOc2ccccc2)c1. The van der Waals surface area contributed by atoms with E-state index in [0.29, 0.717) is 13.2 Å². The number of nitrogens with zero attached hydrogens (tertiary/aromatic N) is 1. The Morgan fingerprint density at radius 2 is 1.73 bits per heavy atom. The van der Waals surface area contributed by atoms with Gasteiger partial charge in [-0.25, -0.2) is 0 Å². The maximum Gasteiger partial charge on any atom is 0.184 e. The second-order valence-corrected chi connectivity index (χ2v) is 4.76. The minimum Gasteiger partial charge on any atom is -0.490 e. The largest absolute Gasteiger partial charge is 0.490 e. The summed E-state index contributed by atoms with van der Waals surface area (Å²) in [7, 11) is 0. The number of thiocarbonyl (C=S) groups is 1. The Morgan fingerprint density at radius 1 is 1.05 bits per heavy atom. The van der Waals surface area contributed by atoms with E-state index in [1.807, 2.05) is 54.6 Å². The van der Waals surface area contributed by atoms with Crippen LogP contribution in [0, 0.1) is 0 Å². The van der Waals surface area contributed by atoms with Gasteiger partial charge in [0.25, 0.3) is 0 Å². The zero-order valence-corrected chi connectivity index (χ0v) is 12.8. The third-order valence-electron chi connectivity index (χ3n) is 2.61. The van der Waals surface area contributed by atoms with Crippen molar-refractivity contribution in [3.63, 3.8) is 0 Å². The molecule has 3 N–H and O–H groups in total. The van der Waals surface area contributed by atoms with Crippen LogP contribution in [0.15, 0.2) is 59.7 Å². The summed E-state index contributed by atoms with van der Waals surface area (Å²) in [6.07, 6.45) is 1.62. The molecule has 0 amide bonds. The molecular formula is C16H17N3O2S. The molecule has 0 heterocycles. The van der Waals surface area contributed by atoms with Gasteiger partial charge in [0.2, 0.25) is 0 Å². The summed E-state index contributed by atoms with van der Waals surface area (Å²) in [5, 5.41) is 4.02. The van der Waals surface area contributed by atoms with Crippen molar-refractivity contribution in [1.29, 1.82) is 0 Å². The molecule has 5 nitrogen and oxygen atoms in total. The van der Waals surface area contributed by atoms with Crippen molar-refractivity contribution in [2.45, 2.75) is 0 Å². The molecule has 0 saturated carbocycles. The molecule has 0 spiro atoms. The summed E-state index contributed by atoms with van der Waals surface area (Å²) in [4.78, 5) is 0. The Labute approximate surface area is 134 Å². The Kier molecular flexibility index (Phi) is 6.19. The van der Waals surface area contributed by atoms with E-state index in [2.05, 4.69) is 22.7 Å². The van der Waals surface area contributed by atoms with Gasteiger partial charge in [-0.15, -0.1) is 0 Å². The molecule has 6 heteroatoms. The van der Waals surface area contributed by atoms with Gasteiger partial charge < -0.3 is 15.2 Å². The molecule has 0 aromatic heterocycles. The molecule has 22 heavy (non-hydrogen) atoms. The Morgan fingerprint density at radius 3 is 2.45 bits per heavy atom. The fraction of sp³-hybridized carbons (Fsp3) is 0.125. The molecule has 0 aliphatic rings. The van der Waals surface area contributed by atoms with Gasteiger partial charge in [0.05, 0.1) is 6.21 Å². The fourth-order valence-electron chi connectivity index (χ4n) is 1.69. The summed E-state index contributed by atoms with van der Waals surface area (Å²) < 4.78 is 11.2. The average molecular weight is 315 g/mol. The van der Waals surface area contributed by atoms with E-state index in [1.165, 1.54) is 0 Å². The van der Waals surface area contributed by atoms with Gasteiger partial charge in [-0.2, -0.15) is 5.10 Å². The Hall–Kier alpha value is -2.60. The Balaban J connectivity index is 1.78. The van der Waals surface area contributed by atoms with Gasteiger partial charge in [0.15, 0.2) is 5.11 Å². The highest BCUT2D eigenvalue weighted by atomic mass is 32.1. The highest BCUT2D eigenvalue weighted by molar-refractivity contribution is 7.80. The van der Waals surface area contributed by atoms with Gasteiger partial charge in [-0.3, -0.25) is 5.43 Å². The van der Waals surface area contributed by atoms with Gasteiger partial charge in [-0.05, 0) is 42.0 Å². The molecular weight excluding hydrogens is 298 g/mol. The van der Waals surface area contributed by atoms with E-state index in [-0.39, 0.29) is 5.11 Å². The normalized spacial score (nSPS) is 10.4. The van der Waals surface area contributed by atoms with Crippen LogP contribution in [0.3, 0.4) is 0 Å². The van der Waals surface area contributed by atoms with E-state index in [0.717, 1.165) is 17.1 Å². The standard InChI is InChI=1S/C16H17N3O2S/c17-16(22)19-18-12-13-5-4-8-15(11-13)21-10-9-20-14-6-2-1-3-7-14/h1-8,11-12H,9-10H2,(H3,17,19,22)/b18-12-. The molecule has 2 aromatic rings. The van der Waals surface area contributed by atoms with Crippen LogP contribution in [0.1, 0.15) is 5.56 Å². The minimum atomic E-state index is 0.127. The van der Waals surface area contributed by atoms with Crippen LogP contribution in [-0.4, -0.2) is 24.5 Å². The summed E-state index contributed by atoms with van der Waals surface area (Å²) in [6, 6.07) is 17.2. The molecule has 0 aliphatic heterocycles. The fourth-order valence-corrected chi connectivity index (χ4v) is 1.74. The van der Waals surface area contributed by atoms with Gasteiger partial charge >= 0.3 is 0 Å². The number of hydrogen-bond acceptors (Lipinski definition) is 4. The number of para-hydroxylation sites is 1. The lowest BCUT2D eigenvalue weighted by molar-refractivity contribution is 0.217. The monoisotopic (exact) mass is 315 g/mol. The number of ether oxygens (including phenoxy) is 2. The number of benzene rings is 2. The summed E-state index contributed by atoms with van der Waals surface area (Å²) in [6.45, 7) is 0.936. The average Bonchev–Trinajstić information content (AvgIpc) is 2.53. The topological polar surface area (TPSA) is 68.9 Å². The van der Waals surface area contributed by atoms with Crippen LogP contribution >= 0.6 is 12.2 Å². The van der Waals surface area contributed by atoms with Crippen LogP contribution in [0.25, 0.3) is 0 Å². The maximum absolute atomic E-state index is 5.64. The first-order valence-electron chi connectivity index (χ1n) is 6.73. The quantitative estimate of drug-likeness (QED) is 0.355. The molecule has 0 atom stereocenters. The van der Waals surface area contributed by atoms with Gasteiger partial charge in [0, 0.05) is 0 Å². The van der Waals surface area contributed by atoms with Crippen molar-refractivity contribution < 1.29 is 9.47 Å². The third kappa shape index (κ3) is 5.80. The summed E-state index contributed by atoms with van der Waals surface area (Å²) in [5.74, 6) is 1.58. The molecule has 0 radical (unpaired) electrons. The van der Waals surface area contributed by atoms with Crippen molar-refractivity contribution in [2.24, 2.45) is 10.8 Å². The summed E-state index contributed by atoms with van der Waals surface area (Å²) in [5.41, 5.74) is 8.67. The molecule has 0 fully saturated rings. The Bertz CT molecular complexity index is 632. The van der Waals surface area contributed by atoms with Crippen LogP contribution in [0.5, 0.6) is 11.5 Å². The van der Waals surface area contributed by atoms with Crippen LogP contribution in [0.4, 0.5) is 0 Å². The lowest BCUT2D eigenvalue weighted by Crippen LogP contribution is -2.23. The first-order chi connectivity index (χ1) is 10.7. The third-order valence-corrected chi connectivity index (χ3v) is 2.70. The van der Waals surface area contributed by atoms with Gasteiger partial charge in [0.1, 0.15) is 24.7 Å². The van der Waals surface area contributed by atoms with E-state index < -0.39 is 0 Å². The second-order valence-electron chi connectivity index (χ2n) is 4.32. The molecule has 0 aliphatic carbocycles. The second kappa shape index (κ2) is 8.63. The maximum atomic E-state index is 5.64. The van der Waals surface area contributed by atoms with Crippen LogP contribution < -0.4 is 20.6 Å². The highest BCUT2D eigenvalue weighted by Gasteiger charge is 1.97. The van der Waals surface area contributed by atoms with E-state index >= 15 is 0 Å². The molecule has 0 unspecified atom stereocenters. The predicted molar refractivity (Wildman–Crippen MR) is 91.4 cm³/mol. The first-order valence-corrected chi connectivity index (χ1v) is 7.14. The van der Waals surface area contributed by atoms with Crippen molar-refractivity contribution in [1.82, 2.24) is 5.43 Å². The number of nitrogens with two attached hydrogens (primary N) is 1. The van der Waals surface area contributed by atoms with E-state index in [1.54, 1.807) is 6.21 Å². The zero-order chi connectivity index (χ0) is 15.6. The number of hydrogen-bond donors (Lipinski definition) is 2. The summed E-state index contributed by atoms with van der Waals surface area (Å²) >= 11 is 4.66. The lowest BCUT2D eigenvalue weighted by atomic mass is 10.2. The van der Waals surface area contributed by atoms with Crippen molar-refractivity contribution in [2.75, 3.05) is 13.2 Å². The molecule has 114 valence electrons. The molecule has 0 saturated heterocycles. The predicted octanol–water partition coefficient (Wildman–Crippen LogP) is 2.31. The van der Waals surface area contributed by atoms with E-state index in [9.17, 15) is 0 Å². The van der Waals surface area contributed by atoms with Crippen LogP contribution in [0.2, 0.25) is 0 Å². The van der Waals surface area contributed by atoms with Crippen molar-refractivity contribution >= 4 is 23.5 Å². The van der Waals surface area contributed by atoms with E-state index in [4.69, 9.17) is 15.2 Å². The smallest absolute Gasteiger partial charge is 0.184 e. The number of hydrazone groups is 1. The number of rotatable bonds is 7. The minimum absolute atomic E-state index is 0.127. The van der Waals surface area contributed by atoms with Crippen molar-refractivity contribution in [3.05, 3.63) is 60.2 Å². The van der Waals surface area contributed by atoms with Crippen LogP contribution in [-0.2, 0) is 0 Å². The molecule has 2 rings (SSSR count). The first kappa shape index (κ1) is 15.8. The highest BCUT2D eigenvalue weighted by Crippen LogP contribution is 2.12. The lowest BCUT2D eigenvalue weighted by Gasteiger charge is -2.08.